The topological polar surface area (TPSA) is 46.3 Å². The number of benzene rings is 1. The molecule has 2 N–H and O–H groups in total. The summed E-state index contributed by atoms with van der Waals surface area (Å²) in [6, 6.07) is 5.79. The Kier molecular flexibility index (Phi) is 5.96. The maximum Gasteiger partial charge on any atom is 0.233 e. The van der Waals surface area contributed by atoms with E-state index in [1.54, 1.807) is 0 Å². The third-order valence-corrected chi connectivity index (χ3v) is 4.02. The molecule has 1 amide bonds. The van der Waals surface area contributed by atoms with Gasteiger partial charge in [0.15, 0.2) is 0 Å². The van der Waals surface area contributed by atoms with Gasteiger partial charge >= 0.3 is 0 Å². The molecule has 0 aliphatic carbocycles. The SMILES string of the molecule is C=C(C)CN(CC)C(=O)CSc1cccc(N)c1C. The van der Waals surface area contributed by atoms with E-state index in [2.05, 4.69) is 6.58 Å². The van der Waals surface area contributed by atoms with Crippen molar-refractivity contribution in [2.45, 2.75) is 25.7 Å². The number of anilines is 1. The molecule has 0 bridgehead atoms. The lowest BCUT2D eigenvalue weighted by molar-refractivity contribution is -0.127. The van der Waals surface area contributed by atoms with Gasteiger partial charge in [0.05, 0.1) is 5.75 Å². The zero-order chi connectivity index (χ0) is 14.4. The van der Waals surface area contributed by atoms with Crippen LogP contribution >= 0.6 is 11.8 Å². The lowest BCUT2D eigenvalue weighted by Gasteiger charge is -2.21. The molecular formula is C15H22N2OS. The first kappa shape index (κ1) is 15.6. The average molecular weight is 278 g/mol. The van der Waals surface area contributed by atoms with E-state index in [4.69, 9.17) is 5.73 Å². The number of carbonyl (C=O) groups is 1. The highest BCUT2D eigenvalue weighted by Gasteiger charge is 2.12. The summed E-state index contributed by atoms with van der Waals surface area (Å²) in [6.07, 6.45) is 0. The molecule has 0 atom stereocenters. The highest BCUT2D eigenvalue weighted by atomic mass is 32.2. The van der Waals surface area contributed by atoms with Crippen LogP contribution in [0.4, 0.5) is 5.69 Å². The predicted molar refractivity (Wildman–Crippen MR) is 83.4 cm³/mol. The highest BCUT2D eigenvalue weighted by Crippen LogP contribution is 2.26. The number of nitrogens with zero attached hydrogens (tertiary/aromatic N) is 1. The Morgan fingerprint density at radius 3 is 2.74 bits per heavy atom. The maximum absolute atomic E-state index is 12.1. The third kappa shape index (κ3) is 4.63. The van der Waals surface area contributed by atoms with Crippen LogP contribution in [0, 0.1) is 6.92 Å². The molecule has 0 unspecified atom stereocenters. The molecule has 0 saturated carbocycles. The van der Waals surface area contributed by atoms with Crippen LogP contribution in [0.5, 0.6) is 0 Å². The number of carbonyl (C=O) groups excluding carboxylic acids is 1. The van der Waals surface area contributed by atoms with Crippen LogP contribution in [0.1, 0.15) is 19.4 Å². The largest absolute Gasteiger partial charge is 0.398 e. The molecule has 3 nitrogen and oxygen atoms in total. The molecule has 0 aliphatic heterocycles. The highest BCUT2D eigenvalue weighted by molar-refractivity contribution is 8.00. The van der Waals surface area contributed by atoms with Crippen molar-refractivity contribution in [2.24, 2.45) is 0 Å². The maximum atomic E-state index is 12.1. The van der Waals surface area contributed by atoms with Crippen LogP contribution in [0.2, 0.25) is 0 Å². The lowest BCUT2D eigenvalue weighted by atomic mass is 10.2. The van der Waals surface area contributed by atoms with Crippen molar-refractivity contribution in [3.05, 3.63) is 35.9 Å². The van der Waals surface area contributed by atoms with E-state index in [0.717, 1.165) is 21.7 Å². The molecule has 0 fully saturated rings. The summed E-state index contributed by atoms with van der Waals surface area (Å²) >= 11 is 1.54. The van der Waals surface area contributed by atoms with Crippen LogP contribution in [0.3, 0.4) is 0 Å². The summed E-state index contributed by atoms with van der Waals surface area (Å²) in [5, 5.41) is 0. The summed E-state index contributed by atoms with van der Waals surface area (Å²) in [6.45, 7) is 11.1. The number of hydrogen-bond acceptors (Lipinski definition) is 3. The molecule has 1 rings (SSSR count). The van der Waals surface area contributed by atoms with E-state index in [1.807, 2.05) is 43.9 Å². The molecule has 0 aromatic heterocycles. The Morgan fingerprint density at radius 1 is 1.47 bits per heavy atom. The quantitative estimate of drug-likeness (QED) is 0.494. The minimum absolute atomic E-state index is 0.136. The molecule has 1 aromatic rings. The van der Waals surface area contributed by atoms with Crippen molar-refractivity contribution in [1.82, 2.24) is 4.90 Å². The molecule has 104 valence electrons. The van der Waals surface area contributed by atoms with Gasteiger partial charge in [-0.05, 0) is 38.5 Å². The van der Waals surface area contributed by atoms with Crippen LogP contribution in [-0.2, 0) is 4.79 Å². The van der Waals surface area contributed by atoms with Gasteiger partial charge in [0, 0.05) is 23.7 Å². The fourth-order valence-electron chi connectivity index (χ4n) is 1.72. The number of likely N-dealkylation sites (N-methyl/N-ethyl adjacent to an activating group) is 1. The first-order valence-electron chi connectivity index (χ1n) is 6.35. The van der Waals surface area contributed by atoms with Gasteiger partial charge in [0.2, 0.25) is 5.91 Å². The Hall–Kier alpha value is -1.42. The summed E-state index contributed by atoms with van der Waals surface area (Å²) in [7, 11) is 0. The zero-order valence-corrected chi connectivity index (χ0v) is 12.7. The normalized spacial score (nSPS) is 10.3. The van der Waals surface area contributed by atoms with Crippen LogP contribution in [0.25, 0.3) is 0 Å². The van der Waals surface area contributed by atoms with Crippen molar-refractivity contribution in [3.63, 3.8) is 0 Å². The summed E-state index contributed by atoms with van der Waals surface area (Å²) < 4.78 is 0. The minimum Gasteiger partial charge on any atom is -0.398 e. The fraction of sp³-hybridized carbons (Fsp3) is 0.400. The van der Waals surface area contributed by atoms with Gasteiger partial charge < -0.3 is 10.6 Å². The van der Waals surface area contributed by atoms with Gasteiger partial charge in [-0.25, -0.2) is 0 Å². The number of thioether (sulfide) groups is 1. The van der Waals surface area contributed by atoms with E-state index in [9.17, 15) is 4.79 Å². The van der Waals surface area contributed by atoms with Crippen LogP contribution in [-0.4, -0.2) is 29.6 Å². The van der Waals surface area contributed by atoms with Gasteiger partial charge in [-0.2, -0.15) is 0 Å². The number of rotatable bonds is 6. The van der Waals surface area contributed by atoms with Crippen molar-refractivity contribution in [3.8, 4) is 0 Å². The first-order valence-corrected chi connectivity index (χ1v) is 7.34. The van der Waals surface area contributed by atoms with Gasteiger partial charge in [-0.3, -0.25) is 4.79 Å². The Balaban J connectivity index is 2.62. The molecule has 4 heteroatoms. The molecule has 19 heavy (non-hydrogen) atoms. The molecule has 1 aromatic carbocycles. The van der Waals surface area contributed by atoms with Crippen molar-refractivity contribution in [2.75, 3.05) is 24.6 Å². The third-order valence-electron chi connectivity index (χ3n) is 2.87. The van der Waals surface area contributed by atoms with Gasteiger partial charge in [-0.15, -0.1) is 11.8 Å². The van der Waals surface area contributed by atoms with Gasteiger partial charge in [0.25, 0.3) is 0 Å². The van der Waals surface area contributed by atoms with Crippen molar-refractivity contribution in [1.29, 1.82) is 0 Å². The standard InChI is InChI=1S/C15H22N2OS/c1-5-17(9-11(2)3)15(18)10-19-14-8-6-7-13(16)12(14)4/h6-8H,2,5,9-10,16H2,1,3-4H3. The number of hydrogen-bond donors (Lipinski definition) is 1. The molecule has 0 radical (unpaired) electrons. The van der Waals surface area contributed by atoms with Crippen LogP contribution in [0.15, 0.2) is 35.2 Å². The van der Waals surface area contributed by atoms with Crippen LogP contribution < -0.4 is 5.73 Å². The van der Waals surface area contributed by atoms with Crippen molar-refractivity contribution < 1.29 is 4.79 Å². The second kappa shape index (κ2) is 7.24. The minimum atomic E-state index is 0.136. The number of amides is 1. The second-order valence-corrected chi connectivity index (χ2v) is 5.64. The predicted octanol–water partition coefficient (Wildman–Crippen LogP) is 3.09. The summed E-state index contributed by atoms with van der Waals surface area (Å²) in [5.41, 5.74) is 8.67. The van der Waals surface area contributed by atoms with Gasteiger partial charge in [0.1, 0.15) is 0 Å². The molecule has 0 heterocycles. The molecule has 0 aliphatic rings. The Morgan fingerprint density at radius 2 is 2.16 bits per heavy atom. The fourth-order valence-corrected chi connectivity index (χ4v) is 2.69. The smallest absolute Gasteiger partial charge is 0.233 e. The zero-order valence-electron chi connectivity index (χ0n) is 11.9. The van der Waals surface area contributed by atoms with E-state index in [-0.39, 0.29) is 5.91 Å². The monoisotopic (exact) mass is 278 g/mol. The Bertz CT molecular complexity index is 471. The van der Waals surface area contributed by atoms with Gasteiger partial charge in [-0.1, -0.05) is 18.2 Å². The molecular weight excluding hydrogens is 256 g/mol. The summed E-state index contributed by atoms with van der Waals surface area (Å²) in [5.74, 6) is 0.572. The Labute approximate surface area is 119 Å². The van der Waals surface area contributed by atoms with E-state index < -0.39 is 0 Å². The second-order valence-electron chi connectivity index (χ2n) is 4.62. The molecule has 0 saturated heterocycles. The number of nitrogen functional groups attached to an aromatic ring is 1. The summed E-state index contributed by atoms with van der Waals surface area (Å²) in [4.78, 5) is 15.0. The average Bonchev–Trinajstić information content (AvgIpc) is 2.37. The van der Waals surface area contributed by atoms with E-state index >= 15 is 0 Å². The lowest BCUT2D eigenvalue weighted by Crippen LogP contribution is -2.33. The molecule has 0 spiro atoms. The first-order chi connectivity index (χ1) is 8.95. The number of nitrogens with two attached hydrogens (primary N) is 1. The van der Waals surface area contributed by atoms with Crippen molar-refractivity contribution >= 4 is 23.4 Å². The van der Waals surface area contributed by atoms with E-state index in [0.29, 0.717) is 18.8 Å². The van der Waals surface area contributed by atoms with E-state index in [1.165, 1.54) is 11.8 Å².